The van der Waals surface area contributed by atoms with Gasteiger partial charge in [-0.1, -0.05) is 25.5 Å². The maximum absolute atomic E-state index is 11.7. The Morgan fingerprint density at radius 2 is 2.32 bits per heavy atom. The van der Waals surface area contributed by atoms with E-state index in [1.807, 2.05) is 20.8 Å². The summed E-state index contributed by atoms with van der Waals surface area (Å²) in [6.45, 7) is 7.84. The molecule has 0 aromatic heterocycles. The van der Waals surface area contributed by atoms with E-state index in [4.69, 9.17) is 10.3 Å². The first kappa shape index (κ1) is 15.6. The molecular formula is C14H22N2O3. The van der Waals surface area contributed by atoms with E-state index in [1.165, 1.54) is 0 Å². The van der Waals surface area contributed by atoms with E-state index in [1.54, 1.807) is 6.92 Å². The lowest BCUT2D eigenvalue weighted by atomic mass is 9.65. The van der Waals surface area contributed by atoms with E-state index >= 15 is 0 Å². The molecule has 0 radical (unpaired) electrons. The van der Waals surface area contributed by atoms with Gasteiger partial charge in [-0.05, 0) is 32.1 Å². The zero-order chi connectivity index (χ0) is 14.6. The molecule has 0 aromatic carbocycles. The summed E-state index contributed by atoms with van der Waals surface area (Å²) in [5, 5.41) is 10.4. The number of carbonyl (C=O) groups is 1. The van der Waals surface area contributed by atoms with Gasteiger partial charge in [0.2, 0.25) is 0 Å². The van der Waals surface area contributed by atoms with Gasteiger partial charge in [0.1, 0.15) is 0 Å². The van der Waals surface area contributed by atoms with Crippen molar-refractivity contribution >= 4 is 11.7 Å². The second-order valence-corrected chi connectivity index (χ2v) is 5.60. The number of esters is 1. The van der Waals surface area contributed by atoms with Crippen molar-refractivity contribution in [3.8, 4) is 0 Å². The van der Waals surface area contributed by atoms with Gasteiger partial charge in [0.15, 0.2) is 6.10 Å². The van der Waals surface area contributed by atoms with E-state index in [0.717, 1.165) is 18.4 Å². The highest BCUT2D eigenvalue weighted by Crippen LogP contribution is 2.42. The average Bonchev–Trinajstić information content (AvgIpc) is 2.28. The Balaban J connectivity index is 3.06. The number of hydrogen-bond donors (Lipinski definition) is 1. The Hall–Kier alpha value is -1.45. The van der Waals surface area contributed by atoms with E-state index in [2.05, 4.69) is 10.9 Å². The average molecular weight is 266 g/mol. The second-order valence-electron chi connectivity index (χ2n) is 5.60. The van der Waals surface area contributed by atoms with Crippen molar-refractivity contribution in [1.82, 2.24) is 0 Å². The molecule has 0 aromatic rings. The number of rotatable bonds is 4. The Kier molecular flexibility index (Phi) is 5.04. The van der Waals surface area contributed by atoms with Crippen molar-refractivity contribution in [2.24, 2.45) is 11.3 Å². The minimum atomic E-state index is -1.16. The fourth-order valence-electron chi connectivity index (χ4n) is 2.83. The fraction of sp³-hybridized carbons (Fsp3) is 0.714. The third kappa shape index (κ3) is 3.31. The molecule has 0 amide bonds. The zero-order valence-electron chi connectivity index (χ0n) is 12.0. The van der Waals surface area contributed by atoms with Crippen LogP contribution in [0.5, 0.6) is 0 Å². The molecule has 1 aliphatic carbocycles. The van der Waals surface area contributed by atoms with E-state index in [0.29, 0.717) is 0 Å². The summed E-state index contributed by atoms with van der Waals surface area (Å²) < 4.78 is 4.80. The molecule has 0 aliphatic heterocycles. The summed E-state index contributed by atoms with van der Waals surface area (Å²) in [7, 11) is 0. The second kappa shape index (κ2) is 6.13. The van der Waals surface area contributed by atoms with Crippen LogP contribution in [0.2, 0.25) is 0 Å². The Morgan fingerprint density at radius 1 is 1.68 bits per heavy atom. The van der Waals surface area contributed by atoms with Gasteiger partial charge in [-0.25, -0.2) is 4.79 Å². The van der Waals surface area contributed by atoms with Crippen molar-refractivity contribution in [2.45, 2.75) is 46.6 Å². The normalized spacial score (nSPS) is 23.0. The van der Waals surface area contributed by atoms with Crippen LogP contribution in [0.25, 0.3) is 5.53 Å². The molecule has 2 atom stereocenters. The fourth-order valence-corrected chi connectivity index (χ4v) is 2.83. The molecule has 1 rings (SSSR count). The van der Waals surface area contributed by atoms with Crippen LogP contribution in [-0.4, -0.2) is 34.3 Å². The number of allylic oxidation sites excluding steroid dienone is 1. The van der Waals surface area contributed by atoms with Crippen molar-refractivity contribution in [1.29, 1.82) is 0 Å². The predicted octanol–water partition coefficient (Wildman–Crippen LogP) is 1.96. The summed E-state index contributed by atoms with van der Waals surface area (Å²) >= 11 is 0. The number of ether oxygens (including phenoxy) is 1. The molecule has 0 heterocycles. The summed E-state index contributed by atoms with van der Waals surface area (Å²) in [5.41, 5.74) is 9.51. The molecule has 0 spiro atoms. The lowest BCUT2D eigenvalue weighted by Crippen LogP contribution is -2.44. The maximum atomic E-state index is 11.7. The molecule has 0 saturated heterocycles. The molecule has 0 bridgehead atoms. The number of aliphatic hydroxyl groups excluding tert-OH is 1. The standard InChI is InChI=1S/C14H22N2O3/c1-5-19-13(18)11(16-15)12(17)10-9(2)7-6-8-14(10,3)4/h7,10,12,17H,5-6,8H2,1-4H3. The van der Waals surface area contributed by atoms with Gasteiger partial charge in [-0.15, -0.1) is 0 Å². The molecule has 19 heavy (non-hydrogen) atoms. The summed E-state index contributed by atoms with van der Waals surface area (Å²) in [5.74, 6) is -1.02. The highest BCUT2D eigenvalue weighted by Gasteiger charge is 2.45. The smallest absolute Gasteiger partial charge is 0.419 e. The number of carbonyl (C=O) groups excluding carboxylic acids is 1. The van der Waals surface area contributed by atoms with Gasteiger partial charge in [0.25, 0.3) is 0 Å². The largest absolute Gasteiger partial charge is 0.457 e. The lowest BCUT2D eigenvalue weighted by molar-refractivity contribution is -0.142. The van der Waals surface area contributed by atoms with E-state index < -0.39 is 12.1 Å². The van der Waals surface area contributed by atoms with Gasteiger partial charge >= 0.3 is 11.7 Å². The summed E-state index contributed by atoms with van der Waals surface area (Å²) in [4.78, 5) is 14.6. The first-order chi connectivity index (χ1) is 8.85. The number of aliphatic hydroxyl groups is 1. The molecule has 106 valence electrons. The first-order valence-corrected chi connectivity index (χ1v) is 6.59. The van der Waals surface area contributed by atoms with Gasteiger partial charge in [0, 0.05) is 5.92 Å². The van der Waals surface area contributed by atoms with Crippen LogP contribution in [-0.2, 0) is 9.53 Å². The number of hydrogen-bond acceptors (Lipinski definition) is 3. The molecule has 1 aliphatic rings. The lowest BCUT2D eigenvalue weighted by Gasteiger charge is -2.39. The summed E-state index contributed by atoms with van der Waals surface area (Å²) in [6.07, 6.45) is 2.76. The minimum Gasteiger partial charge on any atom is -0.457 e. The SMILES string of the molecule is CCOC(=O)C(=[N+]=[N-])C(O)C1C(C)=CCCC1(C)C. The van der Waals surface area contributed by atoms with Crippen molar-refractivity contribution in [3.05, 3.63) is 17.2 Å². The van der Waals surface area contributed by atoms with Gasteiger partial charge in [-0.2, -0.15) is 4.79 Å². The highest BCUT2D eigenvalue weighted by atomic mass is 16.5. The monoisotopic (exact) mass is 266 g/mol. The van der Waals surface area contributed by atoms with Crippen LogP contribution in [0, 0.1) is 11.3 Å². The third-order valence-corrected chi connectivity index (χ3v) is 3.78. The van der Waals surface area contributed by atoms with Crippen LogP contribution in [0.15, 0.2) is 11.6 Å². The van der Waals surface area contributed by atoms with Crippen LogP contribution in [0.4, 0.5) is 0 Å². The van der Waals surface area contributed by atoms with Crippen LogP contribution in [0.1, 0.15) is 40.5 Å². The molecule has 0 saturated carbocycles. The van der Waals surface area contributed by atoms with Crippen LogP contribution < -0.4 is 0 Å². The Morgan fingerprint density at radius 3 is 2.79 bits per heavy atom. The maximum Gasteiger partial charge on any atom is 0.419 e. The highest BCUT2D eigenvalue weighted by molar-refractivity contribution is 6.35. The van der Waals surface area contributed by atoms with Crippen LogP contribution >= 0.6 is 0 Å². The molecular weight excluding hydrogens is 244 g/mol. The Bertz CT molecular complexity index is 434. The first-order valence-electron chi connectivity index (χ1n) is 6.59. The van der Waals surface area contributed by atoms with Crippen molar-refractivity contribution < 1.29 is 19.4 Å². The predicted molar refractivity (Wildman–Crippen MR) is 71.5 cm³/mol. The zero-order valence-corrected chi connectivity index (χ0v) is 12.0. The Labute approximate surface area is 113 Å². The van der Waals surface area contributed by atoms with Crippen LogP contribution in [0.3, 0.4) is 0 Å². The van der Waals surface area contributed by atoms with Crippen molar-refractivity contribution in [3.63, 3.8) is 0 Å². The van der Waals surface area contributed by atoms with Gasteiger partial charge in [-0.3, -0.25) is 0 Å². The van der Waals surface area contributed by atoms with Gasteiger partial charge in [0.05, 0.1) is 6.61 Å². The molecule has 5 nitrogen and oxygen atoms in total. The molecule has 2 unspecified atom stereocenters. The molecule has 0 fully saturated rings. The topological polar surface area (TPSA) is 82.9 Å². The molecule has 1 N–H and O–H groups in total. The van der Waals surface area contributed by atoms with Crippen molar-refractivity contribution in [2.75, 3.05) is 6.61 Å². The van der Waals surface area contributed by atoms with E-state index in [9.17, 15) is 9.90 Å². The third-order valence-electron chi connectivity index (χ3n) is 3.78. The minimum absolute atomic E-state index is 0.166. The quantitative estimate of drug-likeness (QED) is 0.277. The summed E-state index contributed by atoms with van der Waals surface area (Å²) in [6, 6.07) is 0. The number of nitrogens with zero attached hydrogens (tertiary/aromatic N) is 2. The van der Waals surface area contributed by atoms with Gasteiger partial charge < -0.3 is 15.4 Å². The molecule has 5 heteroatoms. The van der Waals surface area contributed by atoms with E-state index in [-0.39, 0.29) is 23.7 Å².